The Kier molecular flexibility index (Phi) is 46.9. The lowest BCUT2D eigenvalue weighted by Crippen LogP contribution is -2.00. The third kappa shape index (κ3) is 46.2. The van der Waals surface area contributed by atoms with Gasteiger partial charge in [-0.1, -0.05) is 177 Å². The van der Waals surface area contributed by atoms with Crippen LogP contribution in [0.4, 0.5) is 0 Å². The van der Waals surface area contributed by atoms with Crippen molar-refractivity contribution in [2.75, 3.05) is 43.7 Å². The fourth-order valence-electron chi connectivity index (χ4n) is 4.37. The van der Waals surface area contributed by atoms with E-state index in [1.54, 1.807) is 0 Å². The highest BCUT2D eigenvalue weighted by molar-refractivity contribution is 8.76. The number of hydrogen-bond acceptors (Lipinski definition) is 5. The summed E-state index contributed by atoms with van der Waals surface area (Å²) in [6.45, 7) is 10.3. The van der Waals surface area contributed by atoms with Gasteiger partial charge in [-0.3, -0.25) is 0 Å². The summed E-state index contributed by atoms with van der Waals surface area (Å²) in [5.41, 5.74) is 0. The molecule has 0 aliphatic rings. The molecule has 0 N–H and O–H groups in total. The maximum Gasteiger partial charge on any atom is 0.0565 e. The van der Waals surface area contributed by atoms with Crippen molar-refractivity contribution in [3.8, 4) is 0 Å². The molecular weight excluding hydrogens is 537 g/mol. The van der Waals surface area contributed by atoms with Gasteiger partial charge in [-0.05, 0) is 25.0 Å². The first-order chi connectivity index (χ1) is 19.3. The van der Waals surface area contributed by atoms with Crippen LogP contribution in [0.25, 0.3) is 0 Å². The smallest absolute Gasteiger partial charge is 0.0565 e. The zero-order valence-corrected chi connectivity index (χ0v) is 29.5. The second kappa shape index (κ2) is 43.4. The van der Waals surface area contributed by atoms with Gasteiger partial charge in [-0.15, -0.1) is 0 Å². The molecule has 238 valence electrons. The van der Waals surface area contributed by atoms with Gasteiger partial charge in [0.2, 0.25) is 0 Å². The molecule has 0 rings (SSSR count). The predicted octanol–water partition coefficient (Wildman–Crippen LogP) is 12.7. The van der Waals surface area contributed by atoms with Gasteiger partial charge < -0.3 is 9.47 Å². The van der Waals surface area contributed by atoms with Crippen LogP contribution in [-0.4, -0.2) is 43.7 Å². The maximum atomic E-state index is 5.47. The predicted molar refractivity (Wildman–Crippen MR) is 188 cm³/mol. The summed E-state index contributed by atoms with van der Waals surface area (Å²) in [6, 6.07) is 0. The molecule has 0 amide bonds. The molecule has 0 aromatic rings. The molecule has 0 unspecified atom stereocenters. The molecule has 39 heavy (non-hydrogen) atoms. The van der Waals surface area contributed by atoms with Gasteiger partial charge in [0.15, 0.2) is 0 Å². The molecule has 0 bridgehead atoms. The minimum atomic E-state index is 0.883. The summed E-state index contributed by atoms with van der Waals surface area (Å²) in [6.07, 6.45) is 33.9. The van der Waals surface area contributed by atoms with Crippen molar-refractivity contribution in [1.29, 1.82) is 0 Å². The van der Waals surface area contributed by atoms with Crippen molar-refractivity contribution in [1.82, 2.24) is 0 Å². The van der Waals surface area contributed by atoms with Crippen LogP contribution in [0, 0.1) is 0 Å². The average molecular weight is 609 g/mol. The fourth-order valence-corrected chi connectivity index (χ4v) is 6.31. The zero-order chi connectivity index (χ0) is 28.7. The van der Waals surface area contributed by atoms with E-state index in [4.69, 9.17) is 9.47 Å². The molecule has 0 aliphatic heterocycles. The van der Waals surface area contributed by atoms with E-state index in [-0.39, 0.29) is 0 Å². The number of unbranched alkanes of at least 4 members (excludes halogenated alkanes) is 21. The van der Waals surface area contributed by atoms with E-state index < -0.39 is 0 Å². The van der Waals surface area contributed by atoms with Crippen molar-refractivity contribution in [2.45, 2.75) is 175 Å². The van der Waals surface area contributed by atoms with Crippen LogP contribution in [0.1, 0.15) is 175 Å². The van der Waals surface area contributed by atoms with Crippen molar-refractivity contribution in [3.63, 3.8) is 0 Å². The lowest BCUT2D eigenvalue weighted by atomic mass is 10.0. The lowest BCUT2D eigenvalue weighted by Gasteiger charge is -2.04. The summed E-state index contributed by atoms with van der Waals surface area (Å²) in [5, 5.41) is 0. The number of thiol groups is 1. The van der Waals surface area contributed by atoms with Crippen molar-refractivity contribution in [3.05, 3.63) is 0 Å². The Bertz CT molecular complexity index is 351. The highest BCUT2D eigenvalue weighted by atomic mass is 33.1. The van der Waals surface area contributed by atoms with Gasteiger partial charge in [0.1, 0.15) is 0 Å². The second-order valence-electron chi connectivity index (χ2n) is 11.0. The Labute approximate surface area is 261 Å². The molecule has 5 heteroatoms. The normalized spacial score (nSPS) is 11.1. The molecule has 0 atom stereocenters. The van der Waals surface area contributed by atoms with E-state index in [0.717, 1.165) is 43.7 Å². The molecule has 0 aliphatic carbocycles. The van der Waals surface area contributed by atoms with E-state index in [2.05, 4.69) is 33.4 Å². The van der Waals surface area contributed by atoms with Crippen LogP contribution in [0.15, 0.2) is 0 Å². The number of ether oxygens (including phenoxy) is 2. The quantitative estimate of drug-likeness (QED) is 0.0453. The van der Waals surface area contributed by atoms with Crippen LogP contribution >= 0.6 is 34.2 Å². The van der Waals surface area contributed by atoms with Gasteiger partial charge in [0, 0.05) is 24.7 Å². The average Bonchev–Trinajstić information content (AvgIpc) is 2.95. The summed E-state index contributed by atoms with van der Waals surface area (Å²) < 4.78 is 10.9. The van der Waals surface area contributed by atoms with E-state index in [1.807, 2.05) is 21.6 Å². The van der Waals surface area contributed by atoms with Crippen molar-refractivity contribution in [2.24, 2.45) is 0 Å². The summed E-state index contributed by atoms with van der Waals surface area (Å²) in [7, 11) is 3.77. The first-order valence-electron chi connectivity index (χ1n) is 17.3. The van der Waals surface area contributed by atoms with Crippen LogP contribution in [0.5, 0.6) is 0 Å². The van der Waals surface area contributed by atoms with E-state index in [9.17, 15) is 0 Å². The van der Waals surface area contributed by atoms with E-state index in [1.165, 1.54) is 154 Å². The first-order valence-corrected chi connectivity index (χ1v) is 20.5. The molecule has 0 aromatic heterocycles. The maximum absolute atomic E-state index is 5.47. The Morgan fingerprint density at radius 1 is 0.359 bits per heavy atom. The van der Waals surface area contributed by atoms with Gasteiger partial charge >= 0.3 is 0 Å². The Balaban J connectivity index is 0. The molecule has 0 saturated heterocycles. The largest absolute Gasteiger partial charge is 0.381 e. The molecule has 0 fully saturated rings. The molecule has 0 radical (unpaired) electrons. The summed E-state index contributed by atoms with van der Waals surface area (Å²) >= 11 is 4.26. The molecule has 0 spiro atoms. The highest BCUT2D eigenvalue weighted by Crippen LogP contribution is 2.20. The topological polar surface area (TPSA) is 18.5 Å². The molecular formula is C34H72O2S3. The van der Waals surface area contributed by atoms with Gasteiger partial charge in [-0.2, -0.15) is 12.6 Å². The third-order valence-corrected chi connectivity index (χ3v) is 9.65. The molecule has 0 saturated carbocycles. The lowest BCUT2D eigenvalue weighted by molar-refractivity contribution is 0.146. The Morgan fingerprint density at radius 2 is 0.641 bits per heavy atom. The van der Waals surface area contributed by atoms with Crippen molar-refractivity contribution >= 4 is 34.2 Å². The van der Waals surface area contributed by atoms with Gasteiger partial charge in [-0.25, -0.2) is 0 Å². The summed E-state index contributed by atoms with van der Waals surface area (Å²) in [4.78, 5) is 0. The van der Waals surface area contributed by atoms with E-state index in [0.29, 0.717) is 0 Å². The number of rotatable bonds is 33. The van der Waals surface area contributed by atoms with Gasteiger partial charge in [0.25, 0.3) is 0 Å². The Morgan fingerprint density at radius 3 is 0.923 bits per heavy atom. The second-order valence-corrected chi connectivity index (χ2v) is 14.2. The van der Waals surface area contributed by atoms with Crippen LogP contribution in [-0.2, 0) is 9.47 Å². The fraction of sp³-hybridized carbons (Fsp3) is 1.00. The molecule has 0 aromatic carbocycles. The van der Waals surface area contributed by atoms with Crippen molar-refractivity contribution < 1.29 is 9.47 Å². The SMILES string of the molecule is CCCCCCCCCCCCCCCCCCCCCCS.CCCCOCCSSCCOCCCC. The summed E-state index contributed by atoms with van der Waals surface area (Å²) in [5.74, 6) is 3.24. The van der Waals surface area contributed by atoms with Crippen LogP contribution in [0.3, 0.4) is 0 Å². The van der Waals surface area contributed by atoms with Crippen LogP contribution < -0.4 is 0 Å². The van der Waals surface area contributed by atoms with Crippen LogP contribution in [0.2, 0.25) is 0 Å². The highest BCUT2D eigenvalue weighted by Gasteiger charge is 1.96. The standard InChI is InChI=1S/C22H46S.C12H26O2S2/c1-2-3-4-5-6-7-8-9-10-11-12-13-14-15-16-17-18-19-20-21-22-23;1-3-5-7-13-9-11-15-16-12-10-14-8-6-4-2/h23H,2-22H2,1H3;3-12H2,1-2H3. The minimum Gasteiger partial charge on any atom is -0.381 e. The van der Waals surface area contributed by atoms with Gasteiger partial charge in [0.05, 0.1) is 13.2 Å². The monoisotopic (exact) mass is 608 g/mol. The Hall–Kier alpha value is 0.970. The minimum absolute atomic E-state index is 0.883. The molecule has 2 nitrogen and oxygen atoms in total. The molecule has 0 heterocycles. The van der Waals surface area contributed by atoms with E-state index >= 15 is 0 Å². The first kappa shape index (κ1) is 42.1. The zero-order valence-electron chi connectivity index (χ0n) is 27.0. The number of hydrogen-bond donors (Lipinski definition) is 1. The third-order valence-electron chi connectivity index (χ3n) is 7.00.